The zero-order chi connectivity index (χ0) is 21.4. The van der Waals surface area contributed by atoms with E-state index in [0.29, 0.717) is 31.1 Å². The zero-order valence-corrected chi connectivity index (χ0v) is 17.8. The van der Waals surface area contributed by atoms with Gasteiger partial charge in [0, 0.05) is 19.1 Å². The van der Waals surface area contributed by atoms with E-state index in [9.17, 15) is 14.4 Å². The molecule has 3 aliphatic heterocycles. The molecule has 2 saturated heterocycles. The molecule has 31 heavy (non-hydrogen) atoms. The van der Waals surface area contributed by atoms with Gasteiger partial charge in [-0.15, -0.1) is 0 Å². The second-order valence-electron chi connectivity index (χ2n) is 9.09. The Kier molecular flexibility index (Phi) is 5.24. The predicted octanol–water partition coefficient (Wildman–Crippen LogP) is 2.56. The van der Waals surface area contributed by atoms with Crippen LogP contribution in [-0.4, -0.2) is 72.1 Å². The van der Waals surface area contributed by atoms with Gasteiger partial charge in [0.25, 0.3) is 5.91 Å². The van der Waals surface area contributed by atoms with Gasteiger partial charge in [0.15, 0.2) is 6.61 Å². The molecule has 3 fully saturated rings. The third-order valence-electron chi connectivity index (χ3n) is 7.12. The number of carbonyl (C=O) groups excluding carboxylic acids is 3. The van der Waals surface area contributed by atoms with Gasteiger partial charge in [-0.05, 0) is 50.7 Å². The summed E-state index contributed by atoms with van der Waals surface area (Å²) in [6, 6.07) is 7.40. The highest BCUT2D eigenvalue weighted by Gasteiger charge is 2.48. The molecule has 1 saturated carbocycles. The second-order valence-corrected chi connectivity index (χ2v) is 9.09. The minimum absolute atomic E-state index is 0.0126. The summed E-state index contributed by atoms with van der Waals surface area (Å²) in [6.07, 6.45) is 6.67. The first-order chi connectivity index (χ1) is 15.0. The summed E-state index contributed by atoms with van der Waals surface area (Å²) in [4.78, 5) is 43.1. The van der Waals surface area contributed by atoms with E-state index >= 15 is 0 Å². The number of ether oxygens (including phenoxy) is 2. The fraction of sp³-hybridized carbons (Fsp3) is 0.609. The fourth-order valence-electron chi connectivity index (χ4n) is 5.38. The molecule has 0 atom stereocenters. The van der Waals surface area contributed by atoms with E-state index < -0.39 is 0 Å². The molecule has 5 rings (SSSR count). The quantitative estimate of drug-likeness (QED) is 0.741. The largest absolute Gasteiger partial charge is 0.482 e. The number of hydrogen-bond acceptors (Lipinski definition) is 5. The lowest BCUT2D eigenvalue weighted by atomic mass is 9.84. The van der Waals surface area contributed by atoms with Crippen LogP contribution in [0.4, 0.5) is 10.5 Å². The Balaban J connectivity index is 1.18. The minimum atomic E-state index is -0.285. The molecule has 3 heterocycles. The van der Waals surface area contributed by atoms with Crippen LogP contribution in [0.15, 0.2) is 24.3 Å². The highest BCUT2D eigenvalue weighted by Crippen LogP contribution is 2.39. The maximum Gasteiger partial charge on any atom is 0.410 e. The Morgan fingerprint density at radius 1 is 1.06 bits per heavy atom. The number of fused-ring (bicyclic) bond motifs is 1. The van der Waals surface area contributed by atoms with E-state index in [4.69, 9.17) is 9.47 Å². The van der Waals surface area contributed by atoms with Gasteiger partial charge in [-0.1, -0.05) is 18.6 Å². The number of likely N-dealkylation sites (tertiary alicyclic amines) is 1. The van der Waals surface area contributed by atoms with Crippen LogP contribution < -0.4 is 9.64 Å². The Labute approximate surface area is 182 Å². The van der Waals surface area contributed by atoms with Gasteiger partial charge in [0.1, 0.15) is 17.9 Å². The lowest BCUT2D eigenvalue weighted by Gasteiger charge is -2.37. The van der Waals surface area contributed by atoms with Gasteiger partial charge in [-0.3, -0.25) is 14.5 Å². The molecule has 0 bridgehead atoms. The molecule has 1 aromatic carbocycles. The van der Waals surface area contributed by atoms with E-state index in [1.165, 1.54) is 11.3 Å². The number of benzene rings is 1. The summed E-state index contributed by atoms with van der Waals surface area (Å²) in [5, 5.41) is 0. The van der Waals surface area contributed by atoms with Gasteiger partial charge in [-0.25, -0.2) is 4.79 Å². The van der Waals surface area contributed by atoms with Gasteiger partial charge >= 0.3 is 6.09 Å². The van der Waals surface area contributed by atoms with E-state index in [0.717, 1.165) is 38.5 Å². The van der Waals surface area contributed by atoms with Crippen molar-refractivity contribution < 1.29 is 23.9 Å². The number of carbonyl (C=O) groups is 3. The summed E-state index contributed by atoms with van der Waals surface area (Å²) < 4.78 is 11.3. The number of hydrogen-bond donors (Lipinski definition) is 0. The number of nitrogens with zero attached hydrogens (tertiary/aromatic N) is 3. The SMILES string of the molecule is O=C(CN1C(=O)COc2ccccc21)N1CCC(N2CC3(CCCCC3)OC2=O)CC1. The van der Waals surface area contributed by atoms with Crippen molar-refractivity contribution in [1.82, 2.24) is 9.80 Å². The molecule has 166 valence electrons. The highest BCUT2D eigenvalue weighted by molar-refractivity contribution is 6.02. The molecule has 0 N–H and O–H groups in total. The van der Waals surface area contributed by atoms with E-state index in [1.54, 1.807) is 17.0 Å². The van der Waals surface area contributed by atoms with Gasteiger partial charge in [-0.2, -0.15) is 0 Å². The molecule has 1 spiro atoms. The van der Waals surface area contributed by atoms with E-state index in [1.807, 2.05) is 17.0 Å². The number of para-hydroxylation sites is 2. The Morgan fingerprint density at radius 3 is 2.58 bits per heavy atom. The van der Waals surface area contributed by atoms with Gasteiger partial charge in [0.05, 0.1) is 12.2 Å². The topological polar surface area (TPSA) is 79.4 Å². The molecule has 0 unspecified atom stereocenters. The smallest absolute Gasteiger partial charge is 0.410 e. The number of anilines is 1. The maximum atomic E-state index is 12.9. The first kappa shape index (κ1) is 20.2. The van der Waals surface area contributed by atoms with Gasteiger partial charge in [0.2, 0.25) is 5.91 Å². The molecule has 8 nitrogen and oxygen atoms in total. The molecule has 4 aliphatic rings. The van der Waals surface area contributed by atoms with Crippen LogP contribution in [-0.2, 0) is 14.3 Å². The van der Waals surface area contributed by atoms with Crippen LogP contribution in [0.25, 0.3) is 0 Å². The number of amides is 3. The standard InChI is InChI=1S/C23H29N3O5/c27-20(14-25-18-6-2-3-7-19(18)30-15-21(25)28)24-12-8-17(9-13-24)26-16-23(31-22(26)29)10-4-1-5-11-23/h2-3,6-7,17H,1,4-5,8-16H2. The lowest BCUT2D eigenvalue weighted by Crippen LogP contribution is -2.51. The molecule has 1 aromatic rings. The molecule has 1 aliphatic carbocycles. The van der Waals surface area contributed by atoms with E-state index in [-0.39, 0.29) is 42.7 Å². The summed E-state index contributed by atoms with van der Waals surface area (Å²) >= 11 is 0. The van der Waals surface area contributed by atoms with Crippen molar-refractivity contribution in [2.75, 3.05) is 37.7 Å². The normalized spacial score (nSPS) is 23.5. The average Bonchev–Trinajstić information content (AvgIpc) is 3.11. The van der Waals surface area contributed by atoms with Crippen LogP contribution in [0.1, 0.15) is 44.9 Å². The second kappa shape index (κ2) is 8.05. The third kappa shape index (κ3) is 3.83. The first-order valence-electron chi connectivity index (χ1n) is 11.3. The number of piperidine rings is 1. The van der Waals surface area contributed by atoms with Crippen molar-refractivity contribution in [2.45, 2.75) is 56.6 Å². The van der Waals surface area contributed by atoms with Crippen molar-refractivity contribution in [2.24, 2.45) is 0 Å². The monoisotopic (exact) mass is 427 g/mol. The van der Waals surface area contributed by atoms with Crippen LogP contribution >= 0.6 is 0 Å². The molecule has 3 amide bonds. The summed E-state index contributed by atoms with van der Waals surface area (Å²) in [5.74, 6) is 0.341. The minimum Gasteiger partial charge on any atom is -0.482 e. The van der Waals surface area contributed by atoms with Crippen molar-refractivity contribution >= 4 is 23.6 Å². The first-order valence-corrected chi connectivity index (χ1v) is 11.3. The average molecular weight is 428 g/mol. The highest BCUT2D eigenvalue weighted by atomic mass is 16.6. The van der Waals surface area contributed by atoms with Crippen molar-refractivity contribution in [1.29, 1.82) is 0 Å². The fourth-order valence-corrected chi connectivity index (χ4v) is 5.38. The Morgan fingerprint density at radius 2 is 1.81 bits per heavy atom. The Bertz CT molecular complexity index is 874. The van der Waals surface area contributed by atoms with Crippen molar-refractivity contribution in [3.05, 3.63) is 24.3 Å². The van der Waals surface area contributed by atoms with E-state index in [2.05, 4.69) is 0 Å². The lowest BCUT2D eigenvalue weighted by molar-refractivity contribution is -0.133. The zero-order valence-electron chi connectivity index (χ0n) is 17.8. The predicted molar refractivity (Wildman–Crippen MR) is 113 cm³/mol. The van der Waals surface area contributed by atoms with Crippen LogP contribution in [0.3, 0.4) is 0 Å². The summed E-state index contributed by atoms with van der Waals surface area (Å²) in [5.41, 5.74) is 0.353. The molecule has 0 radical (unpaired) electrons. The molecular formula is C23H29N3O5. The summed E-state index contributed by atoms with van der Waals surface area (Å²) in [7, 11) is 0. The van der Waals surface area contributed by atoms with Crippen molar-refractivity contribution in [3.8, 4) is 5.75 Å². The molecule has 8 heteroatoms. The van der Waals surface area contributed by atoms with Crippen LogP contribution in [0.5, 0.6) is 5.75 Å². The molecule has 0 aromatic heterocycles. The molecular weight excluding hydrogens is 398 g/mol. The van der Waals surface area contributed by atoms with Crippen LogP contribution in [0, 0.1) is 0 Å². The maximum absolute atomic E-state index is 12.9. The number of rotatable bonds is 3. The van der Waals surface area contributed by atoms with Gasteiger partial charge < -0.3 is 19.3 Å². The van der Waals surface area contributed by atoms with Crippen LogP contribution in [0.2, 0.25) is 0 Å². The third-order valence-corrected chi connectivity index (χ3v) is 7.12. The van der Waals surface area contributed by atoms with Crippen molar-refractivity contribution in [3.63, 3.8) is 0 Å². The summed E-state index contributed by atoms with van der Waals surface area (Å²) in [6.45, 7) is 1.81. The Hall–Kier alpha value is -2.77.